The molecule has 0 amide bonds. The van der Waals surface area contributed by atoms with E-state index in [0.717, 1.165) is 0 Å². The van der Waals surface area contributed by atoms with E-state index in [-0.39, 0.29) is 5.82 Å². The van der Waals surface area contributed by atoms with Crippen LogP contribution >= 0.6 is 28.1 Å². The van der Waals surface area contributed by atoms with E-state index in [2.05, 4.69) is 20.9 Å². The van der Waals surface area contributed by atoms with Crippen LogP contribution in [-0.2, 0) is 0 Å². The fourth-order valence-electron chi connectivity index (χ4n) is 2.01. The lowest BCUT2D eigenvalue weighted by Crippen LogP contribution is -1.99. The predicted octanol–water partition coefficient (Wildman–Crippen LogP) is 4.73. The molecule has 96 valence electrons. The van der Waals surface area contributed by atoms with E-state index in [1.807, 2.05) is 0 Å². The molecule has 0 aliphatic carbocycles. The van der Waals surface area contributed by atoms with Gasteiger partial charge < -0.3 is 4.98 Å². The van der Waals surface area contributed by atoms with Gasteiger partial charge in [-0.1, -0.05) is 6.07 Å². The van der Waals surface area contributed by atoms with Crippen LogP contribution in [0.2, 0.25) is 0 Å². The molecule has 0 radical (unpaired) electrons. The molecule has 0 saturated carbocycles. The summed E-state index contributed by atoms with van der Waals surface area (Å²) >= 11 is 8.50. The summed E-state index contributed by atoms with van der Waals surface area (Å²) in [4.78, 5) is 2.87. The minimum atomic E-state index is -0.407. The van der Waals surface area contributed by atoms with E-state index in [1.165, 1.54) is 18.2 Å². The number of aromatic amines is 1. The van der Waals surface area contributed by atoms with Gasteiger partial charge in [-0.15, -0.1) is 0 Å². The first kappa shape index (κ1) is 12.5. The van der Waals surface area contributed by atoms with Gasteiger partial charge in [0.15, 0.2) is 4.77 Å². The standard InChI is InChI=1S/C13H7BrF2N2S/c14-8-2-1-3-9(16)12(8)18-11-5-4-7(15)6-10(11)17-13(18)19/h1-6H,(H,17,19). The summed E-state index contributed by atoms with van der Waals surface area (Å²) in [6.45, 7) is 0. The van der Waals surface area contributed by atoms with Gasteiger partial charge in [-0.3, -0.25) is 4.57 Å². The highest BCUT2D eigenvalue weighted by Gasteiger charge is 2.14. The van der Waals surface area contributed by atoms with Gasteiger partial charge in [-0.05, 0) is 58.5 Å². The first-order chi connectivity index (χ1) is 9.08. The molecule has 3 aromatic rings. The molecule has 0 spiro atoms. The molecule has 1 N–H and O–H groups in total. The monoisotopic (exact) mass is 340 g/mol. The summed E-state index contributed by atoms with van der Waals surface area (Å²) in [5.41, 5.74) is 1.46. The third-order valence-corrected chi connectivity index (χ3v) is 3.73. The number of para-hydroxylation sites is 1. The third kappa shape index (κ3) is 2.01. The molecular formula is C13H7BrF2N2S. The number of nitrogens with one attached hydrogen (secondary N) is 1. The Bertz CT molecular complexity index is 818. The predicted molar refractivity (Wildman–Crippen MR) is 76.1 cm³/mol. The Morgan fingerprint density at radius 1 is 1.16 bits per heavy atom. The van der Waals surface area contributed by atoms with Gasteiger partial charge >= 0.3 is 0 Å². The van der Waals surface area contributed by atoms with Crippen molar-refractivity contribution in [2.45, 2.75) is 0 Å². The van der Waals surface area contributed by atoms with Crippen LogP contribution in [0.3, 0.4) is 0 Å². The number of H-pyrrole nitrogens is 1. The van der Waals surface area contributed by atoms with Crippen LogP contribution in [0.1, 0.15) is 0 Å². The molecule has 2 nitrogen and oxygen atoms in total. The number of benzene rings is 2. The van der Waals surface area contributed by atoms with Crippen molar-refractivity contribution >= 4 is 39.2 Å². The van der Waals surface area contributed by atoms with Crippen LogP contribution < -0.4 is 0 Å². The van der Waals surface area contributed by atoms with Crippen LogP contribution in [0, 0.1) is 16.4 Å². The molecule has 0 saturated heterocycles. The number of fused-ring (bicyclic) bond motifs is 1. The van der Waals surface area contributed by atoms with Crippen molar-refractivity contribution in [3.8, 4) is 5.69 Å². The van der Waals surface area contributed by atoms with Gasteiger partial charge in [-0.2, -0.15) is 0 Å². The van der Waals surface area contributed by atoms with E-state index in [4.69, 9.17) is 12.2 Å². The van der Waals surface area contributed by atoms with Crippen LogP contribution in [0.4, 0.5) is 8.78 Å². The average molecular weight is 341 g/mol. The van der Waals surface area contributed by atoms with Gasteiger partial charge in [-0.25, -0.2) is 8.78 Å². The zero-order valence-corrected chi connectivity index (χ0v) is 11.9. The summed E-state index contributed by atoms with van der Waals surface area (Å²) in [5.74, 6) is -0.779. The molecule has 0 bridgehead atoms. The first-order valence-corrected chi connectivity index (χ1v) is 6.63. The van der Waals surface area contributed by atoms with E-state index in [1.54, 1.807) is 22.8 Å². The number of aromatic nitrogens is 2. The lowest BCUT2D eigenvalue weighted by atomic mass is 10.2. The highest BCUT2D eigenvalue weighted by atomic mass is 79.9. The molecule has 0 unspecified atom stereocenters. The maximum absolute atomic E-state index is 14.0. The zero-order valence-electron chi connectivity index (χ0n) is 9.45. The number of hydrogen-bond acceptors (Lipinski definition) is 1. The Morgan fingerprint density at radius 2 is 1.95 bits per heavy atom. The highest BCUT2D eigenvalue weighted by molar-refractivity contribution is 9.10. The summed E-state index contributed by atoms with van der Waals surface area (Å²) in [6.07, 6.45) is 0. The van der Waals surface area contributed by atoms with Gasteiger partial charge in [0.1, 0.15) is 11.6 Å². The molecule has 19 heavy (non-hydrogen) atoms. The van der Waals surface area contributed by atoms with Crippen LogP contribution in [-0.4, -0.2) is 9.55 Å². The number of halogens is 3. The van der Waals surface area contributed by atoms with Crippen molar-refractivity contribution < 1.29 is 8.78 Å². The fraction of sp³-hybridized carbons (Fsp3) is 0. The number of rotatable bonds is 1. The van der Waals surface area contributed by atoms with Crippen LogP contribution in [0.25, 0.3) is 16.7 Å². The molecule has 2 aromatic carbocycles. The Morgan fingerprint density at radius 3 is 2.68 bits per heavy atom. The Labute approximate surface area is 120 Å². The average Bonchev–Trinajstić information content (AvgIpc) is 2.65. The maximum Gasteiger partial charge on any atom is 0.182 e. The fourth-order valence-corrected chi connectivity index (χ4v) is 2.83. The summed E-state index contributed by atoms with van der Waals surface area (Å²) in [7, 11) is 0. The van der Waals surface area contributed by atoms with E-state index >= 15 is 0 Å². The van der Waals surface area contributed by atoms with Crippen LogP contribution in [0.5, 0.6) is 0 Å². The van der Waals surface area contributed by atoms with Gasteiger partial charge in [0, 0.05) is 4.47 Å². The SMILES string of the molecule is Fc1ccc2c(c1)[nH]c(=S)n2-c1c(F)cccc1Br. The van der Waals surface area contributed by atoms with E-state index in [9.17, 15) is 8.78 Å². The van der Waals surface area contributed by atoms with Gasteiger partial charge in [0.2, 0.25) is 0 Å². The molecule has 0 atom stereocenters. The van der Waals surface area contributed by atoms with Gasteiger partial charge in [0.25, 0.3) is 0 Å². The molecule has 3 rings (SSSR count). The molecule has 1 heterocycles. The molecule has 1 aromatic heterocycles. The molecule has 0 fully saturated rings. The second-order valence-corrected chi connectivity index (χ2v) is 5.24. The van der Waals surface area contributed by atoms with E-state index in [0.29, 0.717) is 26.0 Å². The van der Waals surface area contributed by atoms with E-state index < -0.39 is 5.82 Å². The Hall–Kier alpha value is -1.53. The van der Waals surface area contributed by atoms with Crippen molar-refractivity contribution in [3.05, 3.63) is 57.3 Å². The topological polar surface area (TPSA) is 20.7 Å². The minimum absolute atomic E-state index is 0.311. The quantitative estimate of drug-likeness (QED) is 0.635. The second kappa shape index (κ2) is 4.54. The number of nitrogens with zero attached hydrogens (tertiary/aromatic N) is 1. The lowest BCUT2D eigenvalue weighted by Gasteiger charge is -2.08. The van der Waals surface area contributed by atoms with Crippen molar-refractivity contribution in [3.63, 3.8) is 0 Å². The summed E-state index contributed by atoms with van der Waals surface area (Å²) in [6, 6.07) is 8.89. The maximum atomic E-state index is 14.0. The third-order valence-electron chi connectivity index (χ3n) is 2.81. The molecule has 0 aliphatic rings. The Kier molecular flexibility index (Phi) is 2.99. The van der Waals surface area contributed by atoms with Crippen LogP contribution in [0.15, 0.2) is 40.9 Å². The summed E-state index contributed by atoms with van der Waals surface area (Å²) < 4.78 is 29.6. The lowest BCUT2D eigenvalue weighted by molar-refractivity contribution is 0.617. The second-order valence-electron chi connectivity index (χ2n) is 4.00. The van der Waals surface area contributed by atoms with Crippen molar-refractivity contribution in [1.29, 1.82) is 0 Å². The largest absolute Gasteiger partial charge is 0.330 e. The Balaban J connectivity index is 2.43. The highest BCUT2D eigenvalue weighted by Crippen LogP contribution is 2.28. The normalized spacial score (nSPS) is 11.1. The number of hydrogen-bond donors (Lipinski definition) is 1. The first-order valence-electron chi connectivity index (χ1n) is 5.42. The molecule has 0 aliphatic heterocycles. The minimum Gasteiger partial charge on any atom is -0.330 e. The van der Waals surface area contributed by atoms with Crippen molar-refractivity contribution in [1.82, 2.24) is 9.55 Å². The summed E-state index contributed by atoms with van der Waals surface area (Å²) in [5, 5.41) is 0. The number of imidazole rings is 1. The molecule has 6 heteroatoms. The zero-order chi connectivity index (χ0) is 13.6. The smallest absolute Gasteiger partial charge is 0.182 e. The van der Waals surface area contributed by atoms with Crippen molar-refractivity contribution in [2.24, 2.45) is 0 Å². The van der Waals surface area contributed by atoms with Crippen molar-refractivity contribution in [2.75, 3.05) is 0 Å². The molecular weight excluding hydrogens is 334 g/mol. The van der Waals surface area contributed by atoms with Gasteiger partial charge in [0.05, 0.1) is 16.7 Å².